The van der Waals surface area contributed by atoms with Crippen LogP contribution in [0.5, 0.6) is 0 Å². The van der Waals surface area contributed by atoms with Gasteiger partial charge in [0.05, 0.1) is 18.4 Å². The zero-order chi connectivity index (χ0) is 22.3. The molecule has 0 spiro atoms. The Bertz CT molecular complexity index is 938. The van der Waals surface area contributed by atoms with E-state index in [1.54, 1.807) is 15.8 Å². The van der Waals surface area contributed by atoms with Crippen molar-refractivity contribution in [1.82, 2.24) is 25.0 Å². The second-order valence-electron chi connectivity index (χ2n) is 8.43. The monoisotopic (exact) mass is 566 g/mol. The summed E-state index contributed by atoms with van der Waals surface area (Å²) in [7, 11) is 1.86. The number of aryl methyl sites for hydroxylation is 1. The van der Waals surface area contributed by atoms with E-state index in [2.05, 4.69) is 26.4 Å². The largest absolute Gasteiger partial charge is 0.357 e. The molecule has 2 aromatic rings. The molecule has 0 atom stereocenters. The lowest BCUT2D eigenvalue weighted by atomic mass is 10.2. The smallest absolute Gasteiger partial charge is 0.246 e. The third kappa shape index (κ3) is 6.58. The molecule has 0 radical (unpaired) electrons. The van der Waals surface area contributed by atoms with Crippen LogP contribution < -0.4 is 15.1 Å². The second kappa shape index (κ2) is 12.2. The minimum Gasteiger partial charge on any atom is -0.357 e. The van der Waals surface area contributed by atoms with Crippen LogP contribution in [-0.2, 0) is 18.4 Å². The van der Waals surface area contributed by atoms with Crippen LogP contribution in [0.1, 0.15) is 38.2 Å². The Morgan fingerprint density at radius 3 is 2.61 bits per heavy atom. The molecule has 2 aliphatic rings. The number of carbonyl (C=O) groups excluding carboxylic acids is 1. The number of pyridine rings is 1. The van der Waals surface area contributed by atoms with E-state index < -0.39 is 0 Å². The van der Waals surface area contributed by atoms with E-state index >= 15 is 0 Å². The average Bonchev–Trinajstić information content (AvgIpc) is 3.05. The van der Waals surface area contributed by atoms with E-state index in [0.717, 1.165) is 49.2 Å². The summed E-state index contributed by atoms with van der Waals surface area (Å²) in [5.74, 6) is 1.88. The topological polar surface area (TPSA) is 81.9 Å². The Morgan fingerprint density at radius 2 is 1.94 bits per heavy atom. The zero-order valence-corrected chi connectivity index (χ0v) is 21.9. The highest BCUT2D eigenvalue weighted by Crippen LogP contribution is 2.19. The van der Waals surface area contributed by atoms with Gasteiger partial charge in [-0.2, -0.15) is 5.10 Å². The van der Waals surface area contributed by atoms with Gasteiger partial charge in [-0.15, -0.1) is 24.0 Å². The summed E-state index contributed by atoms with van der Waals surface area (Å²) in [4.78, 5) is 28.5. The van der Waals surface area contributed by atoms with Gasteiger partial charge < -0.3 is 20.0 Å². The number of hydrogen-bond donors (Lipinski definition) is 1. The van der Waals surface area contributed by atoms with Crippen molar-refractivity contribution >= 4 is 47.3 Å². The van der Waals surface area contributed by atoms with E-state index in [-0.39, 0.29) is 29.9 Å². The lowest BCUT2D eigenvalue weighted by molar-refractivity contribution is -0.120. The van der Waals surface area contributed by atoms with Crippen LogP contribution in [-0.4, -0.2) is 70.8 Å². The standard InChI is InChI=1S/C23H34N8O.HI/c1-3-24-23(30-12-13-31(22(32)18-30)20-16-27-28(2)17-20)26-15-19-8-9-25-21(14-19)29-10-6-4-5-7-11-29;/h8-9,14,16-17H,3-7,10-13,15,18H2,1-2H3,(H,24,26);1H. The van der Waals surface area contributed by atoms with Gasteiger partial charge in [0.15, 0.2) is 5.96 Å². The van der Waals surface area contributed by atoms with Crippen molar-refractivity contribution in [2.24, 2.45) is 12.0 Å². The van der Waals surface area contributed by atoms with Gasteiger partial charge in [0.2, 0.25) is 5.91 Å². The van der Waals surface area contributed by atoms with Crippen LogP contribution in [0.3, 0.4) is 0 Å². The van der Waals surface area contributed by atoms with E-state index in [0.29, 0.717) is 19.6 Å². The number of rotatable bonds is 5. The lowest BCUT2D eigenvalue weighted by Crippen LogP contribution is -2.55. The number of aliphatic imine (C=N–C) groups is 1. The maximum Gasteiger partial charge on any atom is 0.246 e. The SMILES string of the molecule is CCNC(=NCc1ccnc(N2CCCCCC2)c1)N1CCN(c2cnn(C)c2)C(=O)C1.I. The van der Waals surface area contributed by atoms with Gasteiger partial charge >= 0.3 is 0 Å². The summed E-state index contributed by atoms with van der Waals surface area (Å²) in [6.07, 6.45) is 10.6. The van der Waals surface area contributed by atoms with Crippen molar-refractivity contribution < 1.29 is 4.79 Å². The summed E-state index contributed by atoms with van der Waals surface area (Å²) in [5, 5.41) is 7.53. The molecule has 33 heavy (non-hydrogen) atoms. The molecular weight excluding hydrogens is 531 g/mol. The van der Waals surface area contributed by atoms with Crippen LogP contribution in [0.25, 0.3) is 0 Å². The number of hydrogen-bond acceptors (Lipinski definition) is 5. The first kappa shape index (κ1) is 25.3. The molecule has 0 aliphatic carbocycles. The second-order valence-corrected chi connectivity index (χ2v) is 8.43. The van der Waals surface area contributed by atoms with Crippen LogP contribution in [0, 0.1) is 0 Å². The molecule has 1 N–H and O–H groups in total. The zero-order valence-electron chi connectivity index (χ0n) is 19.6. The average molecular weight is 566 g/mol. The number of anilines is 2. The summed E-state index contributed by atoms with van der Waals surface area (Å²) in [6, 6.07) is 4.18. The summed E-state index contributed by atoms with van der Waals surface area (Å²) < 4.78 is 1.72. The van der Waals surface area contributed by atoms with Crippen LogP contribution in [0.15, 0.2) is 35.7 Å². The molecule has 2 fully saturated rings. The number of guanidine groups is 1. The maximum absolute atomic E-state index is 12.8. The Kier molecular flexibility index (Phi) is 9.33. The lowest BCUT2D eigenvalue weighted by Gasteiger charge is -2.35. The van der Waals surface area contributed by atoms with E-state index in [9.17, 15) is 4.79 Å². The molecule has 4 heterocycles. The van der Waals surface area contributed by atoms with Gasteiger partial charge in [-0.25, -0.2) is 9.98 Å². The Labute approximate surface area is 213 Å². The van der Waals surface area contributed by atoms with Gasteiger partial charge in [-0.05, 0) is 37.5 Å². The number of nitrogens with zero attached hydrogens (tertiary/aromatic N) is 7. The molecule has 1 amide bonds. The number of aromatic nitrogens is 3. The fraction of sp³-hybridized carbons (Fsp3) is 0.565. The number of halogens is 1. The third-order valence-corrected chi connectivity index (χ3v) is 6.01. The van der Waals surface area contributed by atoms with Gasteiger partial charge in [0.1, 0.15) is 12.4 Å². The molecule has 0 aromatic carbocycles. The number of piperazine rings is 1. The van der Waals surface area contributed by atoms with Crippen molar-refractivity contribution in [1.29, 1.82) is 0 Å². The molecule has 0 saturated carbocycles. The minimum absolute atomic E-state index is 0. The molecule has 2 aromatic heterocycles. The van der Waals surface area contributed by atoms with Crippen molar-refractivity contribution in [3.8, 4) is 0 Å². The number of carbonyl (C=O) groups is 1. The predicted octanol–water partition coefficient (Wildman–Crippen LogP) is 2.63. The first-order valence-electron chi connectivity index (χ1n) is 11.7. The highest BCUT2D eigenvalue weighted by molar-refractivity contribution is 14.0. The van der Waals surface area contributed by atoms with E-state index in [1.807, 2.05) is 37.3 Å². The van der Waals surface area contributed by atoms with Crippen LogP contribution in [0.4, 0.5) is 11.5 Å². The van der Waals surface area contributed by atoms with Crippen LogP contribution >= 0.6 is 24.0 Å². The molecule has 0 bridgehead atoms. The Balaban J connectivity index is 0.00000306. The maximum atomic E-state index is 12.8. The first-order chi connectivity index (χ1) is 15.6. The van der Waals surface area contributed by atoms with Gasteiger partial charge in [0, 0.05) is 52.2 Å². The third-order valence-electron chi connectivity index (χ3n) is 6.01. The Hall–Kier alpha value is -2.37. The van der Waals surface area contributed by atoms with E-state index in [1.165, 1.54) is 25.7 Å². The van der Waals surface area contributed by atoms with Crippen molar-refractivity contribution in [2.75, 3.05) is 49.1 Å². The molecule has 2 aliphatic heterocycles. The molecular formula is C23H35IN8O. The molecule has 4 rings (SSSR count). The highest BCUT2D eigenvalue weighted by Gasteiger charge is 2.27. The van der Waals surface area contributed by atoms with Crippen LogP contribution in [0.2, 0.25) is 0 Å². The predicted molar refractivity (Wildman–Crippen MR) is 142 cm³/mol. The Morgan fingerprint density at radius 1 is 1.15 bits per heavy atom. The molecule has 180 valence electrons. The molecule has 9 nitrogen and oxygen atoms in total. The fourth-order valence-corrected chi connectivity index (χ4v) is 4.30. The van der Waals surface area contributed by atoms with Crippen molar-refractivity contribution in [2.45, 2.75) is 39.2 Å². The normalized spacial score (nSPS) is 17.6. The van der Waals surface area contributed by atoms with Gasteiger partial charge in [-0.1, -0.05) is 12.8 Å². The quantitative estimate of drug-likeness (QED) is 0.341. The first-order valence-corrected chi connectivity index (χ1v) is 11.7. The summed E-state index contributed by atoms with van der Waals surface area (Å²) in [5.41, 5.74) is 1.98. The van der Waals surface area contributed by atoms with Gasteiger partial charge in [-0.3, -0.25) is 9.48 Å². The molecule has 0 unspecified atom stereocenters. The summed E-state index contributed by atoms with van der Waals surface area (Å²) >= 11 is 0. The summed E-state index contributed by atoms with van der Waals surface area (Å²) in [6.45, 7) is 7.15. The van der Waals surface area contributed by atoms with E-state index in [4.69, 9.17) is 4.99 Å². The number of amides is 1. The minimum atomic E-state index is 0. The highest BCUT2D eigenvalue weighted by atomic mass is 127. The van der Waals surface area contributed by atoms with Crippen molar-refractivity contribution in [3.05, 3.63) is 36.3 Å². The molecule has 2 saturated heterocycles. The van der Waals surface area contributed by atoms with Crippen molar-refractivity contribution in [3.63, 3.8) is 0 Å². The molecule has 10 heteroatoms. The number of nitrogens with one attached hydrogen (secondary N) is 1. The fourth-order valence-electron chi connectivity index (χ4n) is 4.30. The van der Waals surface area contributed by atoms with Gasteiger partial charge in [0.25, 0.3) is 0 Å².